The van der Waals surface area contributed by atoms with Gasteiger partial charge in [-0.15, -0.1) is 0 Å². The Balaban J connectivity index is 1.46. The van der Waals surface area contributed by atoms with Crippen LogP contribution in [-0.2, 0) is 9.59 Å². The topological polar surface area (TPSA) is 64.7 Å². The molecular formula is C23H32N4O2. The number of nitrogens with zero attached hydrogens (tertiary/aromatic N) is 2. The number of piperazine rings is 1. The number of hydrogen-bond donors (Lipinski definition) is 2. The molecular weight excluding hydrogens is 364 g/mol. The lowest BCUT2D eigenvalue weighted by Crippen LogP contribution is -2.54. The van der Waals surface area contributed by atoms with Gasteiger partial charge < -0.3 is 10.6 Å². The molecule has 2 N–H and O–H groups in total. The lowest BCUT2D eigenvalue weighted by molar-refractivity contribution is -0.124. The van der Waals surface area contributed by atoms with Gasteiger partial charge in [0.15, 0.2) is 0 Å². The molecule has 1 saturated heterocycles. The Labute approximate surface area is 173 Å². The number of anilines is 1. The highest BCUT2D eigenvalue weighted by atomic mass is 16.2. The van der Waals surface area contributed by atoms with Gasteiger partial charge >= 0.3 is 0 Å². The largest absolute Gasteiger partial charge is 0.355 e. The molecule has 1 aliphatic heterocycles. The van der Waals surface area contributed by atoms with E-state index >= 15 is 0 Å². The second kappa shape index (κ2) is 10.4. The van der Waals surface area contributed by atoms with Crippen molar-refractivity contribution < 1.29 is 9.59 Å². The maximum absolute atomic E-state index is 12.7. The first kappa shape index (κ1) is 21.3. The molecule has 1 aliphatic rings. The van der Waals surface area contributed by atoms with E-state index < -0.39 is 0 Å². The minimum Gasteiger partial charge on any atom is -0.355 e. The predicted molar refractivity (Wildman–Crippen MR) is 118 cm³/mol. The van der Waals surface area contributed by atoms with Crippen molar-refractivity contribution >= 4 is 28.3 Å². The van der Waals surface area contributed by atoms with Crippen LogP contribution in [0, 0.1) is 0 Å². The first-order valence-corrected chi connectivity index (χ1v) is 10.6. The summed E-state index contributed by atoms with van der Waals surface area (Å²) in [5, 5.41) is 8.28. The summed E-state index contributed by atoms with van der Waals surface area (Å²) in [6.07, 6.45) is 2.10. The van der Waals surface area contributed by atoms with Gasteiger partial charge in [0.05, 0.1) is 12.6 Å². The molecule has 156 valence electrons. The van der Waals surface area contributed by atoms with Crippen molar-refractivity contribution in [2.45, 2.75) is 32.7 Å². The van der Waals surface area contributed by atoms with E-state index in [2.05, 4.69) is 33.4 Å². The minimum atomic E-state index is -0.206. The third-order valence-corrected chi connectivity index (χ3v) is 5.57. The number of benzene rings is 2. The molecule has 0 saturated carbocycles. The summed E-state index contributed by atoms with van der Waals surface area (Å²) in [5.41, 5.74) is 0.822. The van der Waals surface area contributed by atoms with Crippen molar-refractivity contribution in [3.05, 3.63) is 42.5 Å². The summed E-state index contributed by atoms with van der Waals surface area (Å²) < 4.78 is 0. The van der Waals surface area contributed by atoms with Crippen LogP contribution in [0.3, 0.4) is 0 Å². The van der Waals surface area contributed by atoms with Crippen LogP contribution in [0.2, 0.25) is 0 Å². The quantitative estimate of drug-likeness (QED) is 0.674. The Morgan fingerprint density at radius 2 is 1.76 bits per heavy atom. The number of hydrogen-bond acceptors (Lipinski definition) is 4. The van der Waals surface area contributed by atoms with Gasteiger partial charge in [-0.1, -0.05) is 43.7 Å². The van der Waals surface area contributed by atoms with E-state index in [1.165, 1.54) is 0 Å². The summed E-state index contributed by atoms with van der Waals surface area (Å²) >= 11 is 0. The van der Waals surface area contributed by atoms with Crippen LogP contribution in [0.1, 0.15) is 26.7 Å². The zero-order valence-corrected chi connectivity index (χ0v) is 17.5. The lowest BCUT2D eigenvalue weighted by Gasteiger charge is -2.37. The zero-order chi connectivity index (χ0) is 20.6. The Bertz CT molecular complexity index is 830. The van der Waals surface area contributed by atoms with Gasteiger partial charge in [0.25, 0.3) is 0 Å². The van der Waals surface area contributed by atoms with Gasteiger partial charge in [0.2, 0.25) is 11.8 Å². The molecule has 1 heterocycles. The van der Waals surface area contributed by atoms with Gasteiger partial charge in [-0.25, -0.2) is 0 Å². The number of rotatable bonds is 8. The fourth-order valence-corrected chi connectivity index (χ4v) is 3.65. The SMILES string of the molecule is CCCCNC(=O)CN1CCN([C@H](C)C(=O)Nc2ccc3ccccc3c2)CC1. The average molecular weight is 397 g/mol. The summed E-state index contributed by atoms with van der Waals surface area (Å²) in [6, 6.07) is 13.9. The predicted octanol–water partition coefficient (Wildman–Crippen LogP) is 2.70. The summed E-state index contributed by atoms with van der Waals surface area (Å²) in [6.45, 7) is 8.43. The van der Waals surface area contributed by atoms with E-state index in [0.717, 1.165) is 62.0 Å². The molecule has 29 heavy (non-hydrogen) atoms. The maximum atomic E-state index is 12.7. The second-order valence-corrected chi connectivity index (χ2v) is 7.74. The number of amides is 2. The highest BCUT2D eigenvalue weighted by Crippen LogP contribution is 2.19. The molecule has 1 fully saturated rings. The van der Waals surface area contributed by atoms with Gasteiger partial charge in [0.1, 0.15) is 0 Å². The van der Waals surface area contributed by atoms with E-state index in [-0.39, 0.29) is 17.9 Å². The number of unbranched alkanes of at least 4 members (excludes halogenated alkanes) is 1. The summed E-state index contributed by atoms with van der Waals surface area (Å²) in [7, 11) is 0. The molecule has 0 unspecified atom stereocenters. The standard InChI is InChI=1S/C23H32N4O2/c1-3-4-11-24-22(28)17-26-12-14-27(15-13-26)18(2)23(29)25-21-10-9-19-7-5-6-8-20(19)16-21/h5-10,16,18H,3-4,11-15,17H2,1-2H3,(H,24,28)(H,25,29)/t18-/m1/s1. The molecule has 2 amide bonds. The highest BCUT2D eigenvalue weighted by Gasteiger charge is 2.26. The third kappa shape index (κ3) is 6.02. The van der Waals surface area contributed by atoms with E-state index in [4.69, 9.17) is 0 Å². The molecule has 0 spiro atoms. The van der Waals surface area contributed by atoms with E-state index in [9.17, 15) is 9.59 Å². The van der Waals surface area contributed by atoms with Crippen molar-refractivity contribution in [3.63, 3.8) is 0 Å². The monoisotopic (exact) mass is 396 g/mol. The van der Waals surface area contributed by atoms with Crippen molar-refractivity contribution in [2.75, 3.05) is 44.6 Å². The smallest absolute Gasteiger partial charge is 0.241 e. The fraction of sp³-hybridized carbons (Fsp3) is 0.478. The van der Waals surface area contributed by atoms with Crippen molar-refractivity contribution in [3.8, 4) is 0 Å². The number of carbonyl (C=O) groups is 2. The maximum Gasteiger partial charge on any atom is 0.241 e. The van der Waals surface area contributed by atoms with Gasteiger partial charge in [-0.2, -0.15) is 0 Å². The van der Waals surface area contributed by atoms with E-state index in [0.29, 0.717) is 6.54 Å². The first-order valence-electron chi connectivity index (χ1n) is 10.6. The summed E-state index contributed by atoms with van der Waals surface area (Å²) in [5.74, 6) is 0.0973. The molecule has 3 rings (SSSR count). The van der Waals surface area contributed by atoms with Gasteiger partial charge in [-0.05, 0) is 36.2 Å². The molecule has 6 heteroatoms. The minimum absolute atomic E-state index is 0.00559. The van der Waals surface area contributed by atoms with Crippen molar-refractivity contribution in [1.29, 1.82) is 0 Å². The normalized spacial score (nSPS) is 16.5. The van der Waals surface area contributed by atoms with Crippen LogP contribution in [0.15, 0.2) is 42.5 Å². The Morgan fingerprint density at radius 3 is 2.48 bits per heavy atom. The fourth-order valence-electron chi connectivity index (χ4n) is 3.65. The molecule has 6 nitrogen and oxygen atoms in total. The molecule has 1 atom stereocenters. The number of nitrogens with one attached hydrogen (secondary N) is 2. The van der Waals surface area contributed by atoms with Crippen LogP contribution in [0.5, 0.6) is 0 Å². The van der Waals surface area contributed by atoms with Gasteiger partial charge in [-0.3, -0.25) is 19.4 Å². The van der Waals surface area contributed by atoms with Crippen molar-refractivity contribution in [1.82, 2.24) is 15.1 Å². The second-order valence-electron chi connectivity index (χ2n) is 7.74. The average Bonchev–Trinajstić information content (AvgIpc) is 2.74. The lowest BCUT2D eigenvalue weighted by atomic mass is 10.1. The Kier molecular flexibility index (Phi) is 7.61. The number of carbonyl (C=O) groups excluding carboxylic acids is 2. The molecule has 0 radical (unpaired) electrons. The number of fused-ring (bicyclic) bond motifs is 1. The molecule has 2 aromatic carbocycles. The van der Waals surface area contributed by atoms with Crippen LogP contribution >= 0.6 is 0 Å². The molecule has 2 aromatic rings. The highest BCUT2D eigenvalue weighted by molar-refractivity contribution is 5.97. The van der Waals surface area contributed by atoms with Crippen LogP contribution in [0.4, 0.5) is 5.69 Å². The van der Waals surface area contributed by atoms with E-state index in [1.807, 2.05) is 43.3 Å². The van der Waals surface area contributed by atoms with Crippen LogP contribution in [-0.4, -0.2) is 66.9 Å². The van der Waals surface area contributed by atoms with E-state index in [1.54, 1.807) is 0 Å². The Morgan fingerprint density at radius 1 is 1.03 bits per heavy atom. The van der Waals surface area contributed by atoms with Crippen LogP contribution in [0.25, 0.3) is 10.8 Å². The van der Waals surface area contributed by atoms with Gasteiger partial charge in [0, 0.05) is 38.4 Å². The molecule has 0 aromatic heterocycles. The summed E-state index contributed by atoms with van der Waals surface area (Å²) in [4.78, 5) is 29.0. The Hall–Kier alpha value is -2.44. The molecule has 0 bridgehead atoms. The van der Waals surface area contributed by atoms with Crippen molar-refractivity contribution in [2.24, 2.45) is 0 Å². The van der Waals surface area contributed by atoms with Crippen LogP contribution < -0.4 is 10.6 Å². The zero-order valence-electron chi connectivity index (χ0n) is 17.5. The first-order chi connectivity index (χ1) is 14.1. The molecule has 0 aliphatic carbocycles. The third-order valence-electron chi connectivity index (χ3n) is 5.57.